The van der Waals surface area contributed by atoms with E-state index in [2.05, 4.69) is 4.74 Å². The lowest BCUT2D eigenvalue weighted by atomic mass is 10.0. The van der Waals surface area contributed by atoms with Crippen molar-refractivity contribution in [2.24, 2.45) is 5.73 Å². The zero-order valence-electron chi connectivity index (χ0n) is 8.13. The van der Waals surface area contributed by atoms with Gasteiger partial charge in [-0.25, -0.2) is 4.79 Å². The van der Waals surface area contributed by atoms with Gasteiger partial charge in [-0.2, -0.15) is 13.2 Å². The Hall–Kier alpha value is -0.820. The van der Waals surface area contributed by atoms with Gasteiger partial charge in [-0.05, 0) is 6.92 Å². The molecule has 0 radical (unpaired) electrons. The number of hydrogen-bond donors (Lipinski definition) is 1. The Balaban J connectivity index is 2.59. The molecule has 0 spiro atoms. The maximum atomic E-state index is 12.3. The SMILES string of the molecule is CC(N)(C(=O)OC1CCOC1)C(F)(F)F. The van der Waals surface area contributed by atoms with Crippen LogP contribution in [0.2, 0.25) is 0 Å². The number of halogens is 3. The average molecular weight is 227 g/mol. The van der Waals surface area contributed by atoms with E-state index in [0.717, 1.165) is 0 Å². The van der Waals surface area contributed by atoms with Gasteiger partial charge in [-0.15, -0.1) is 0 Å². The van der Waals surface area contributed by atoms with Gasteiger partial charge in [-0.1, -0.05) is 0 Å². The summed E-state index contributed by atoms with van der Waals surface area (Å²) < 4.78 is 46.4. The molecule has 0 amide bonds. The number of rotatable bonds is 2. The van der Waals surface area contributed by atoms with Crippen molar-refractivity contribution in [2.75, 3.05) is 13.2 Å². The number of hydrogen-bond acceptors (Lipinski definition) is 4. The molecule has 1 aliphatic rings. The molecule has 0 aliphatic carbocycles. The molecule has 0 saturated carbocycles. The summed E-state index contributed by atoms with van der Waals surface area (Å²) in [5.41, 5.74) is 1.91. The van der Waals surface area contributed by atoms with Gasteiger partial charge in [0.1, 0.15) is 6.10 Å². The van der Waals surface area contributed by atoms with E-state index in [9.17, 15) is 18.0 Å². The minimum Gasteiger partial charge on any atom is -0.458 e. The Morgan fingerprint density at radius 3 is 2.53 bits per heavy atom. The third-order valence-electron chi connectivity index (χ3n) is 2.17. The van der Waals surface area contributed by atoms with Crippen LogP contribution in [0, 0.1) is 0 Å². The topological polar surface area (TPSA) is 61.6 Å². The molecule has 1 aliphatic heterocycles. The van der Waals surface area contributed by atoms with Gasteiger partial charge in [0, 0.05) is 6.42 Å². The van der Waals surface area contributed by atoms with Gasteiger partial charge in [0.2, 0.25) is 5.54 Å². The Morgan fingerprint density at radius 1 is 1.53 bits per heavy atom. The average Bonchev–Trinajstić information content (AvgIpc) is 2.54. The Kier molecular flexibility index (Phi) is 3.25. The number of carbonyl (C=O) groups excluding carboxylic acids is 1. The van der Waals surface area contributed by atoms with Crippen LogP contribution in [0.25, 0.3) is 0 Å². The van der Waals surface area contributed by atoms with Gasteiger partial charge in [-0.3, -0.25) is 0 Å². The minimum absolute atomic E-state index is 0.125. The molecule has 2 N–H and O–H groups in total. The van der Waals surface area contributed by atoms with Crippen LogP contribution >= 0.6 is 0 Å². The molecule has 0 aromatic heterocycles. The second-order valence-electron chi connectivity index (χ2n) is 3.59. The van der Waals surface area contributed by atoms with Crippen molar-refractivity contribution >= 4 is 5.97 Å². The molecule has 88 valence electrons. The first-order valence-electron chi connectivity index (χ1n) is 4.39. The molecule has 15 heavy (non-hydrogen) atoms. The monoisotopic (exact) mass is 227 g/mol. The molecule has 0 aromatic rings. The van der Waals surface area contributed by atoms with E-state index in [0.29, 0.717) is 20.0 Å². The highest BCUT2D eigenvalue weighted by molar-refractivity contribution is 5.81. The Labute approximate surface area is 84.5 Å². The fraction of sp³-hybridized carbons (Fsp3) is 0.875. The molecule has 1 rings (SSSR count). The van der Waals surface area contributed by atoms with Crippen LogP contribution in [0.5, 0.6) is 0 Å². The van der Waals surface area contributed by atoms with E-state index >= 15 is 0 Å². The van der Waals surface area contributed by atoms with Crippen LogP contribution in [0.3, 0.4) is 0 Å². The number of ether oxygens (including phenoxy) is 2. The summed E-state index contributed by atoms with van der Waals surface area (Å²) >= 11 is 0. The van der Waals surface area contributed by atoms with Crippen molar-refractivity contribution in [3.8, 4) is 0 Å². The van der Waals surface area contributed by atoms with Crippen molar-refractivity contribution in [1.82, 2.24) is 0 Å². The standard InChI is InChI=1S/C8H12F3NO3/c1-7(12,8(9,10)11)6(13)15-5-2-3-14-4-5/h5H,2-4,12H2,1H3. The van der Waals surface area contributed by atoms with Crippen LogP contribution in [-0.4, -0.2) is 37.0 Å². The highest BCUT2D eigenvalue weighted by Crippen LogP contribution is 2.29. The first kappa shape index (κ1) is 12.3. The molecule has 0 bridgehead atoms. The lowest BCUT2D eigenvalue weighted by molar-refractivity contribution is -0.205. The van der Waals surface area contributed by atoms with E-state index in [4.69, 9.17) is 10.5 Å². The maximum Gasteiger partial charge on any atom is 0.416 e. The van der Waals surface area contributed by atoms with Crippen molar-refractivity contribution in [1.29, 1.82) is 0 Å². The van der Waals surface area contributed by atoms with Gasteiger partial charge >= 0.3 is 12.1 Å². The van der Waals surface area contributed by atoms with Crippen molar-refractivity contribution < 1.29 is 27.4 Å². The number of alkyl halides is 3. The van der Waals surface area contributed by atoms with E-state index in [1.165, 1.54) is 0 Å². The molecule has 1 fully saturated rings. The Morgan fingerprint density at radius 2 is 2.13 bits per heavy atom. The molecular formula is C8H12F3NO3. The second kappa shape index (κ2) is 3.97. The first-order valence-corrected chi connectivity index (χ1v) is 4.39. The summed E-state index contributed by atoms with van der Waals surface area (Å²) in [6, 6.07) is 0. The van der Waals surface area contributed by atoms with E-state index in [-0.39, 0.29) is 6.61 Å². The zero-order chi connectivity index (χ0) is 11.7. The zero-order valence-corrected chi connectivity index (χ0v) is 8.13. The molecule has 0 aromatic carbocycles. The van der Waals surface area contributed by atoms with Crippen molar-refractivity contribution in [3.63, 3.8) is 0 Å². The predicted molar refractivity (Wildman–Crippen MR) is 44.0 cm³/mol. The van der Waals surface area contributed by atoms with Crippen LogP contribution in [-0.2, 0) is 14.3 Å². The summed E-state index contributed by atoms with van der Waals surface area (Å²) in [5, 5.41) is 0. The smallest absolute Gasteiger partial charge is 0.416 e. The Bertz CT molecular complexity index is 246. The highest BCUT2D eigenvalue weighted by Gasteiger charge is 2.55. The number of carbonyl (C=O) groups is 1. The third-order valence-corrected chi connectivity index (χ3v) is 2.17. The van der Waals surface area contributed by atoms with Crippen LogP contribution in [0.15, 0.2) is 0 Å². The lowest BCUT2D eigenvalue weighted by Gasteiger charge is -2.26. The molecule has 1 heterocycles. The van der Waals surface area contributed by atoms with E-state index < -0.39 is 23.8 Å². The fourth-order valence-electron chi connectivity index (χ4n) is 0.995. The predicted octanol–water partition coefficient (Wildman–Crippen LogP) is 0.598. The molecular weight excluding hydrogens is 215 g/mol. The summed E-state index contributed by atoms with van der Waals surface area (Å²) in [5.74, 6) is -1.47. The van der Waals surface area contributed by atoms with Gasteiger partial charge in [0.05, 0.1) is 13.2 Å². The summed E-state index contributed by atoms with van der Waals surface area (Å²) in [4.78, 5) is 11.1. The van der Waals surface area contributed by atoms with Gasteiger partial charge < -0.3 is 15.2 Å². The second-order valence-corrected chi connectivity index (χ2v) is 3.59. The summed E-state index contributed by atoms with van der Waals surface area (Å²) in [7, 11) is 0. The molecule has 1 saturated heterocycles. The molecule has 7 heteroatoms. The van der Waals surface area contributed by atoms with Gasteiger partial charge in [0.25, 0.3) is 0 Å². The quantitative estimate of drug-likeness (QED) is 0.701. The van der Waals surface area contributed by atoms with Crippen molar-refractivity contribution in [2.45, 2.75) is 31.2 Å². The van der Waals surface area contributed by atoms with E-state index in [1.807, 2.05) is 0 Å². The summed E-state index contributed by atoms with van der Waals surface area (Å²) in [6.07, 6.45) is -5.04. The molecule has 2 unspecified atom stereocenters. The first-order chi connectivity index (χ1) is 6.75. The van der Waals surface area contributed by atoms with Crippen LogP contribution in [0.4, 0.5) is 13.2 Å². The molecule has 4 nitrogen and oxygen atoms in total. The van der Waals surface area contributed by atoms with Crippen molar-refractivity contribution in [3.05, 3.63) is 0 Å². The van der Waals surface area contributed by atoms with Gasteiger partial charge in [0.15, 0.2) is 0 Å². The fourth-order valence-corrected chi connectivity index (χ4v) is 0.995. The van der Waals surface area contributed by atoms with Crippen LogP contribution in [0.1, 0.15) is 13.3 Å². The highest BCUT2D eigenvalue weighted by atomic mass is 19.4. The normalized spacial score (nSPS) is 26.1. The minimum atomic E-state index is -4.82. The largest absolute Gasteiger partial charge is 0.458 e. The molecule has 2 atom stereocenters. The third kappa shape index (κ3) is 2.60. The van der Waals surface area contributed by atoms with Crippen LogP contribution < -0.4 is 5.73 Å². The maximum absolute atomic E-state index is 12.3. The number of esters is 1. The lowest BCUT2D eigenvalue weighted by Crippen LogP contribution is -2.58. The summed E-state index contributed by atoms with van der Waals surface area (Å²) in [6.45, 7) is 1.09. The van der Waals surface area contributed by atoms with E-state index in [1.54, 1.807) is 0 Å². The number of nitrogens with two attached hydrogens (primary N) is 1.